The number of aliphatic hydroxyl groups is 1. The molecule has 0 fully saturated rings. The molecule has 106 valence electrons. The van der Waals surface area contributed by atoms with Crippen LogP contribution in [0.25, 0.3) is 0 Å². The van der Waals surface area contributed by atoms with Crippen LogP contribution in [-0.4, -0.2) is 18.8 Å². The fraction of sp³-hybridized carbons (Fsp3) is 0.294. The topological polar surface area (TPSA) is 38.7 Å². The van der Waals surface area contributed by atoms with Gasteiger partial charge in [0.25, 0.3) is 0 Å². The molecule has 0 radical (unpaired) electrons. The number of hydrogen-bond donors (Lipinski definition) is 1. The van der Waals surface area contributed by atoms with Crippen molar-refractivity contribution in [2.75, 3.05) is 13.7 Å². The van der Waals surface area contributed by atoms with Gasteiger partial charge in [0.05, 0.1) is 7.11 Å². The first-order valence-electron chi connectivity index (χ1n) is 6.78. The summed E-state index contributed by atoms with van der Waals surface area (Å²) in [4.78, 5) is 0. The second-order valence-corrected chi connectivity index (χ2v) is 4.53. The Kier molecular flexibility index (Phi) is 5.02. The Morgan fingerprint density at radius 2 is 1.65 bits per heavy atom. The van der Waals surface area contributed by atoms with Gasteiger partial charge in [0.2, 0.25) is 0 Å². The molecule has 1 N–H and O–H groups in total. The maximum Gasteiger partial charge on any atom is 0.124 e. The largest absolute Gasteiger partial charge is 0.496 e. The van der Waals surface area contributed by atoms with Crippen molar-refractivity contribution in [3.8, 4) is 11.5 Å². The van der Waals surface area contributed by atoms with E-state index in [0.717, 1.165) is 23.3 Å². The molecule has 0 saturated carbocycles. The van der Waals surface area contributed by atoms with Crippen LogP contribution in [0.4, 0.5) is 0 Å². The van der Waals surface area contributed by atoms with E-state index in [1.165, 1.54) is 0 Å². The van der Waals surface area contributed by atoms with Gasteiger partial charge in [-0.2, -0.15) is 0 Å². The summed E-state index contributed by atoms with van der Waals surface area (Å²) in [7, 11) is 1.60. The summed E-state index contributed by atoms with van der Waals surface area (Å²) in [5.41, 5.74) is 1.88. The van der Waals surface area contributed by atoms with Crippen LogP contribution in [-0.2, 0) is 6.42 Å². The molecule has 0 aromatic heterocycles. The maximum absolute atomic E-state index is 10.3. The van der Waals surface area contributed by atoms with Crippen molar-refractivity contribution < 1.29 is 14.6 Å². The number of para-hydroxylation sites is 2. The highest BCUT2D eigenvalue weighted by molar-refractivity contribution is 5.36. The summed E-state index contributed by atoms with van der Waals surface area (Å²) in [5.74, 6) is 1.50. The first-order chi connectivity index (χ1) is 9.76. The van der Waals surface area contributed by atoms with E-state index in [-0.39, 0.29) is 6.61 Å². The first-order valence-corrected chi connectivity index (χ1v) is 6.78. The molecular weight excluding hydrogens is 252 g/mol. The van der Waals surface area contributed by atoms with Gasteiger partial charge in [-0.3, -0.25) is 0 Å². The number of hydrogen-bond acceptors (Lipinski definition) is 3. The van der Waals surface area contributed by atoms with Crippen LogP contribution in [0, 0.1) is 0 Å². The Morgan fingerprint density at radius 3 is 2.35 bits per heavy atom. The first kappa shape index (κ1) is 14.4. The number of benzene rings is 2. The van der Waals surface area contributed by atoms with Crippen LogP contribution in [0.3, 0.4) is 0 Å². The Balaban J connectivity index is 2.07. The summed E-state index contributed by atoms with van der Waals surface area (Å²) in [6, 6.07) is 15.3. The van der Waals surface area contributed by atoms with E-state index in [0.29, 0.717) is 5.75 Å². The van der Waals surface area contributed by atoms with Crippen molar-refractivity contribution >= 4 is 0 Å². The van der Waals surface area contributed by atoms with Gasteiger partial charge in [0.1, 0.15) is 24.2 Å². The average molecular weight is 272 g/mol. The van der Waals surface area contributed by atoms with E-state index in [9.17, 15) is 5.11 Å². The molecule has 1 unspecified atom stereocenters. The van der Waals surface area contributed by atoms with Gasteiger partial charge < -0.3 is 14.6 Å². The van der Waals surface area contributed by atoms with E-state index in [4.69, 9.17) is 9.47 Å². The molecule has 0 aliphatic rings. The summed E-state index contributed by atoms with van der Waals surface area (Å²) in [6.45, 7) is 2.29. The van der Waals surface area contributed by atoms with E-state index in [1.807, 2.05) is 48.5 Å². The van der Waals surface area contributed by atoms with Crippen LogP contribution in [0.5, 0.6) is 11.5 Å². The zero-order chi connectivity index (χ0) is 14.4. The molecule has 2 aromatic carbocycles. The number of aryl methyl sites for hydroxylation is 1. The quantitative estimate of drug-likeness (QED) is 0.876. The van der Waals surface area contributed by atoms with Gasteiger partial charge in [0, 0.05) is 5.56 Å². The third-order valence-electron chi connectivity index (χ3n) is 3.25. The van der Waals surface area contributed by atoms with Gasteiger partial charge in [0.15, 0.2) is 0 Å². The lowest BCUT2D eigenvalue weighted by molar-refractivity contribution is 0.105. The number of aliphatic hydroxyl groups excluding tert-OH is 1. The average Bonchev–Trinajstić information content (AvgIpc) is 2.52. The molecule has 0 bridgehead atoms. The second kappa shape index (κ2) is 6.96. The smallest absolute Gasteiger partial charge is 0.124 e. The monoisotopic (exact) mass is 272 g/mol. The molecule has 0 amide bonds. The second-order valence-electron chi connectivity index (χ2n) is 4.53. The minimum Gasteiger partial charge on any atom is -0.496 e. The molecule has 3 heteroatoms. The Labute approximate surface area is 119 Å². The molecule has 2 rings (SSSR count). The number of methoxy groups -OCH3 is 1. The van der Waals surface area contributed by atoms with Crippen LogP contribution in [0.2, 0.25) is 0 Å². The molecule has 0 aliphatic carbocycles. The van der Waals surface area contributed by atoms with Crippen LogP contribution in [0.1, 0.15) is 24.2 Å². The SMILES string of the molecule is CCc1ccccc1OCC(O)c1ccccc1OC. The zero-order valence-corrected chi connectivity index (χ0v) is 11.9. The summed E-state index contributed by atoms with van der Waals surface area (Å²) in [6.07, 6.45) is 0.192. The van der Waals surface area contributed by atoms with Crippen molar-refractivity contribution in [3.63, 3.8) is 0 Å². The molecule has 3 nitrogen and oxygen atoms in total. The fourth-order valence-electron chi connectivity index (χ4n) is 2.14. The van der Waals surface area contributed by atoms with E-state index in [1.54, 1.807) is 7.11 Å². The molecule has 2 aromatic rings. The van der Waals surface area contributed by atoms with Crippen LogP contribution >= 0.6 is 0 Å². The lowest BCUT2D eigenvalue weighted by Crippen LogP contribution is -2.11. The van der Waals surface area contributed by atoms with Gasteiger partial charge in [-0.1, -0.05) is 43.3 Å². The third kappa shape index (κ3) is 3.31. The predicted octanol–water partition coefficient (Wildman–Crippen LogP) is 3.37. The standard InChI is InChI=1S/C17H20O3/c1-3-13-8-4-6-10-16(13)20-12-15(18)14-9-5-7-11-17(14)19-2/h4-11,15,18H,3,12H2,1-2H3. The van der Waals surface area contributed by atoms with E-state index in [2.05, 4.69) is 6.92 Å². The Bertz CT molecular complexity index is 551. The van der Waals surface area contributed by atoms with Crippen molar-refractivity contribution in [3.05, 3.63) is 59.7 Å². The normalized spacial score (nSPS) is 11.9. The van der Waals surface area contributed by atoms with Crippen molar-refractivity contribution in [1.82, 2.24) is 0 Å². The van der Waals surface area contributed by atoms with Gasteiger partial charge in [-0.05, 0) is 24.1 Å². The number of ether oxygens (including phenoxy) is 2. The van der Waals surface area contributed by atoms with Crippen molar-refractivity contribution in [2.24, 2.45) is 0 Å². The van der Waals surface area contributed by atoms with Crippen LogP contribution < -0.4 is 9.47 Å². The van der Waals surface area contributed by atoms with Crippen molar-refractivity contribution in [2.45, 2.75) is 19.4 Å². The van der Waals surface area contributed by atoms with Crippen LogP contribution in [0.15, 0.2) is 48.5 Å². The predicted molar refractivity (Wildman–Crippen MR) is 79.3 cm³/mol. The summed E-state index contributed by atoms with van der Waals surface area (Å²) in [5, 5.41) is 10.3. The lowest BCUT2D eigenvalue weighted by Gasteiger charge is -2.16. The fourth-order valence-corrected chi connectivity index (χ4v) is 2.14. The Morgan fingerprint density at radius 1 is 1.00 bits per heavy atom. The van der Waals surface area contributed by atoms with E-state index < -0.39 is 6.10 Å². The lowest BCUT2D eigenvalue weighted by atomic mass is 10.1. The summed E-state index contributed by atoms with van der Waals surface area (Å²) >= 11 is 0. The van der Waals surface area contributed by atoms with Gasteiger partial charge >= 0.3 is 0 Å². The van der Waals surface area contributed by atoms with Gasteiger partial charge in [-0.15, -0.1) is 0 Å². The molecule has 0 aliphatic heterocycles. The van der Waals surface area contributed by atoms with E-state index >= 15 is 0 Å². The highest BCUT2D eigenvalue weighted by Crippen LogP contribution is 2.26. The van der Waals surface area contributed by atoms with Crippen molar-refractivity contribution in [1.29, 1.82) is 0 Å². The third-order valence-corrected chi connectivity index (χ3v) is 3.25. The number of rotatable bonds is 6. The Hall–Kier alpha value is -2.00. The minimum atomic E-state index is -0.712. The molecular formula is C17H20O3. The highest BCUT2D eigenvalue weighted by Gasteiger charge is 2.14. The molecule has 0 spiro atoms. The zero-order valence-electron chi connectivity index (χ0n) is 11.9. The molecule has 0 saturated heterocycles. The maximum atomic E-state index is 10.3. The molecule has 0 heterocycles. The summed E-state index contributed by atoms with van der Waals surface area (Å²) < 4.78 is 11.0. The molecule has 1 atom stereocenters. The highest BCUT2D eigenvalue weighted by atomic mass is 16.5. The van der Waals surface area contributed by atoms with Gasteiger partial charge in [-0.25, -0.2) is 0 Å². The minimum absolute atomic E-state index is 0.206. The molecule has 20 heavy (non-hydrogen) atoms.